The van der Waals surface area contributed by atoms with Crippen molar-refractivity contribution in [3.63, 3.8) is 0 Å². The summed E-state index contributed by atoms with van der Waals surface area (Å²) in [5, 5.41) is 20.3. The maximum atomic E-state index is 12.7. The van der Waals surface area contributed by atoms with Gasteiger partial charge in [0.05, 0.1) is 18.8 Å². The van der Waals surface area contributed by atoms with Gasteiger partial charge in [-0.2, -0.15) is 18.0 Å². The molecular weight excluding hydrogens is 431 g/mol. The second-order valence-corrected chi connectivity index (χ2v) is 6.80. The number of aliphatic hydroxyl groups excluding tert-OH is 1. The van der Waals surface area contributed by atoms with Crippen LogP contribution in [0, 0.1) is 0 Å². The molecule has 9 nitrogen and oxygen atoms in total. The van der Waals surface area contributed by atoms with Gasteiger partial charge in [0.1, 0.15) is 22.5 Å². The predicted molar refractivity (Wildman–Crippen MR) is 106 cm³/mol. The molecule has 0 unspecified atom stereocenters. The monoisotopic (exact) mass is 447 g/mol. The number of carbonyl (C=O) groups excluding carboxylic acids is 2. The molecule has 2 N–H and O–H groups in total. The smallest absolute Gasteiger partial charge is 0.422 e. The van der Waals surface area contributed by atoms with Crippen LogP contribution in [-0.4, -0.2) is 62.7 Å². The molecular formula is C20H16F3N5O4. The minimum Gasteiger partial charge on any atom is -0.484 e. The van der Waals surface area contributed by atoms with Gasteiger partial charge in [-0.15, -0.1) is 10.2 Å². The highest BCUT2D eigenvalue weighted by atomic mass is 19.4. The molecule has 166 valence electrons. The molecule has 0 bridgehead atoms. The van der Waals surface area contributed by atoms with E-state index in [0.717, 1.165) is 11.0 Å². The molecule has 2 amide bonds. The SMILES string of the molecule is O=C1C=C(Nc2cc(OCC(F)(F)F)cc(-n3nc4ccccc4n3)c2)C(=O)N1CCO. The molecule has 4 rings (SSSR count). The number of nitrogens with zero attached hydrogens (tertiary/aromatic N) is 4. The van der Waals surface area contributed by atoms with Crippen molar-refractivity contribution >= 4 is 28.5 Å². The molecule has 1 aliphatic heterocycles. The zero-order valence-electron chi connectivity index (χ0n) is 16.3. The zero-order chi connectivity index (χ0) is 22.9. The fourth-order valence-electron chi connectivity index (χ4n) is 3.06. The van der Waals surface area contributed by atoms with Crippen molar-refractivity contribution in [1.82, 2.24) is 19.9 Å². The van der Waals surface area contributed by atoms with Crippen molar-refractivity contribution in [2.45, 2.75) is 6.18 Å². The van der Waals surface area contributed by atoms with Gasteiger partial charge in [-0.05, 0) is 18.2 Å². The highest BCUT2D eigenvalue weighted by Gasteiger charge is 2.31. The first-order valence-electron chi connectivity index (χ1n) is 9.36. The topological polar surface area (TPSA) is 110 Å². The van der Waals surface area contributed by atoms with Crippen molar-refractivity contribution in [2.75, 3.05) is 25.1 Å². The molecule has 0 atom stereocenters. The molecule has 3 aromatic rings. The molecule has 2 aromatic carbocycles. The van der Waals surface area contributed by atoms with Crippen LogP contribution in [0.4, 0.5) is 18.9 Å². The first kappa shape index (κ1) is 21.3. The van der Waals surface area contributed by atoms with Gasteiger partial charge in [0.15, 0.2) is 6.61 Å². The van der Waals surface area contributed by atoms with Crippen molar-refractivity contribution in [3.05, 3.63) is 54.2 Å². The number of rotatable bonds is 7. The van der Waals surface area contributed by atoms with E-state index in [1.165, 1.54) is 23.0 Å². The molecule has 12 heteroatoms. The molecule has 0 aliphatic carbocycles. The number of β-amino-alcohol motifs (C(OH)–C–C–N with tert-alkyl or cyclic N) is 1. The van der Waals surface area contributed by atoms with Crippen molar-refractivity contribution in [3.8, 4) is 11.4 Å². The Morgan fingerprint density at radius 3 is 2.38 bits per heavy atom. The summed E-state index contributed by atoms with van der Waals surface area (Å²) in [4.78, 5) is 26.4. The van der Waals surface area contributed by atoms with Gasteiger partial charge in [-0.1, -0.05) is 12.1 Å². The first-order valence-corrected chi connectivity index (χ1v) is 9.36. The van der Waals surface area contributed by atoms with E-state index < -0.39 is 31.2 Å². The second kappa shape index (κ2) is 8.30. The van der Waals surface area contributed by atoms with Crippen LogP contribution >= 0.6 is 0 Å². The number of benzene rings is 2. The van der Waals surface area contributed by atoms with Gasteiger partial charge in [0.25, 0.3) is 11.8 Å². The van der Waals surface area contributed by atoms with Crippen molar-refractivity contribution in [2.24, 2.45) is 0 Å². The summed E-state index contributed by atoms with van der Waals surface area (Å²) < 4.78 is 42.8. The Morgan fingerprint density at radius 2 is 1.75 bits per heavy atom. The summed E-state index contributed by atoms with van der Waals surface area (Å²) in [6.45, 7) is -2.10. The Hall–Kier alpha value is -3.93. The first-order chi connectivity index (χ1) is 15.2. The molecule has 1 aliphatic rings. The average Bonchev–Trinajstić information content (AvgIpc) is 3.29. The van der Waals surface area contributed by atoms with Crippen LogP contribution in [0.1, 0.15) is 0 Å². The van der Waals surface area contributed by atoms with E-state index in [2.05, 4.69) is 15.5 Å². The summed E-state index contributed by atoms with van der Waals surface area (Å²) in [7, 11) is 0. The fraction of sp³-hybridized carbons (Fsp3) is 0.200. The van der Waals surface area contributed by atoms with Crippen LogP contribution in [0.2, 0.25) is 0 Å². The van der Waals surface area contributed by atoms with E-state index in [1.807, 2.05) is 0 Å². The van der Waals surface area contributed by atoms with Crippen molar-refractivity contribution < 1.29 is 32.6 Å². The van der Waals surface area contributed by atoms with Gasteiger partial charge < -0.3 is 15.2 Å². The van der Waals surface area contributed by atoms with E-state index in [9.17, 15) is 22.8 Å². The molecule has 0 saturated carbocycles. The number of aromatic nitrogens is 3. The van der Waals surface area contributed by atoms with E-state index >= 15 is 0 Å². The molecule has 32 heavy (non-hydrogen) atoms. The summed E-state index contributed by atoms with van der Waals surface area (Å²) in [6, 6.07) is 11.1. The van der Waals surface area contributed by atoms with Gasteiger partial charge >= 0.3 is 6.18 Å². The molecule has 0 fully saturated rings. The summed E-state index contributed by atoms with van der Waals surface area (Å²) in [5.41, 5.74) is 1.50. The van der Waals surface area contributed by atoms with Gasteiger partial charge in [0, 0.05) is 23.9 Å². The Balaban J connectivity index is 1.68. The maximum Gasteiger partial charge on any atom is 0.422 e. The highest BCUT2D eigenvalue weighted by Crippen LogP contribution is 2.27. The number of carbonyl (C=O) groups is 2. The lowest BCUT2D eigenvalue weighted by molar-refractivity contribution is -0.153. The number of hydrogen-bond acceptors (Lipinski definition) is 7. The third kappa shape index (κ3) is 4.54. The number of aliphatic hydroxyl groups is 1. The number of alkyl halides is 3. The standard InChI is InChI=1S/C20H16F3N5O4/c21-20(22,23)11-32-14-8-12(24-17-10-18(30)27(5-6-29)19(17)31)7-13(9-14)28-25-15-3-1-2-4-16(15)26-28/h1-4,7-10,24,29H,5-6,11H2. The Kier molecular flexibility index (Phi) is 5.53. The second-order valence-electron chi connectivity index (χ2n) is 6.80. The number of imide groups is 1. The van der Waals surface area contributed by atoms with Gasteiger partial charge in [-0.25, -0.2) is 0 Å². The Morgan fingerprint density at radius 1 is 1.06 bits per heavy atom. The fourth-order valence-corrected chi connectivity index (χ4v) is 3.06. The average molecular weight is 447 g/mol. The number of nitrogens with one attached hydrogen (secondary N) is 1. The molecule has 2 heterocycles. The van der Waals surface area contributed by atoms with Crippen LogP contribution in [0.5, 0.6) is 5.75 Å². The lowest BCUT2D eigenvalue weighted by Crippen LogP contribution is -2.34. The predicted octanol–water partition coefficient (Wildman–Crippen LogP) is 2.02. The number of halogens is 3. The van der Waals surface area contributed by atoms with Crippen LogP contribution in [-0.2, 0) is 9.59 Å². The van der Waals surface area contributed by atoms with Crippen LogP contribution in [0.3, 0.4) is 0 Å². The van der Waals surface area contributed by atoms with E-state index in [1.54, 1.807) is 24.3 Å². The van der Waals surface area contributed by atoms with E-state index in [-0.39, 0.29) is 29.4 Å². The number of ether oxygens (including phenoxy) is 1. The Labute approximate surface area is 178 Å². The van der Waals surface area contributed by atoms with E-state index in [4.69, 9.17) is 9.84 Å². The highest BCUT2D eigenvalue weighted by molar-refractivity contribution is 6.17. The third-order valence-corrected chi connectivity index (χ3v) is 4.42. The molecule has 0 spiro atoms. The number of anilines is 1. The minimum atomic E-state index is -4.55. The van der Waals surface area contributed by atoms with Crippen LogP contribution in [0.25, 0.3) is 16.7 Å². The summed E-state index contributed by atoms with van der Waals surface area (Å²) >= 11 is 0. The third-order valence-electron chi connectivity index (χ3n) is 4.42. The number of fused-ring (bicyclic) bond motifs is 1. The lowest BCUT2D eigenvalue weighted by Gasteiger charge is -2.15. The maximum absolute atomic E-state index is 12.7. The quantitative estimate of drug-likeness (QED) is 0.534. The molecule has 0 saturated heterocycles. The summed E-state index contributed by atoms with van der Waals surface area (Å²) in [6.07, 6.45) is -3.51. The Bertz CT molecular complexity index is 1190. The van der Waals surface area contributed by atoms with Crippen molar-refractivity contribution in [1.29, 1.82) is 0 Å². The van der Waals surface area contributed by atoms with Crippen LogP contribution < -0.4 is 10.1 Å². The normalized spacial score (nSPS) is 14.2. The lowest BCUT2D eigenvalue weighted by atomic mass is 10.2. The van der Waals surface area contributed by atoms with Gasteiger partial charge in [-0.3, -0.25) is 14.5 Å². The largest absolute Gasteiger partial charge is 0.484 e. The number of hydrogen-bond donors (Lipinski definition) is 2. The van der Waals surface area contributed by atoms with E-state index in [0.29, 0.717) is 11.0 Å². The van der Waals surface area contributed by atoms with Gasteiger partial charge in [0.2, 0.25) is 0 Å². The number of amides is 2. The zero-order valence-corrected chi connectivity index (χ0v) is 16.3. The summed E-state index contributed by atoms with van der Waals surface area (Å²) in [5.74, 6) is -1.43. The molecule has 1 aromatic heterocycles. The van der Waals surface area contributed by atoms with Crippen LogP contribution in [0.15, 0.2) is 54.2 Å². The minimum absolute atomic E-state index is 0.0963. The molecule has 0 radical (unpaired) electrons.